The van der Waals surface area contributed by atoms with Crippen LogP contribution in [0.2, 0.25) is 0 Å². The van der Waals surface area contributed by atoms with Gasteiger partial charge in [0.2, 0.25) is 11.5 Å². The van der Waals surface area contributed by atoms with Crippen molar-refractivity contribution in [2.24, 2.45) is 10.6 Å². The van der Waals surface area contributed by atoms with Gasteiger partial charge in [-0.05, 0) is 31.4 Å². The standard InChI is InChI=1S/C17H25NO7/c1-16(2,3)10-23-14(19)12-6-7-13(24-12)15(20)25-17(4,5)11-22-9-8-18-21/h6-7H,8-11H2,1-5H3. The van der Waals surface area contributed by atoms with E-state index in [0.29, 0.717) is 0 Å². The first kappa shape index (κ1) is 20.8. The van der Waals surface area contributed by atoms with Crippen LogP contribution in [0, 0.1) is 10.3 Å². The maximum absolute atomic E-state index is 12.1. The van der Waals surface area contributed by atoms with Crippen molar-refractivity contribution in [2.75, 3.05) is 26.4 Å². The minimum absolute atomic E-state index is 0.0300. The molecule has 1 aromatic heterocycles. The Balaban J connectivity index is 2.58. The minimum Gasteiger partial charge on any atom is -0.459 e. The zero-order chi connectivity index (χ0) is 19.1. The number of hydrogen-bond acceptors (Lipinski definition) is 8. The number of furan rings is 1. The van der Waals surface area contributed by atoms with E-state index in [9.17, 15) is 14.5 Å². The second kappa shape index (κ2) is 8.75. The second-order valence-electron chi connectivity index (χ2n) is 7.36. The fraction of sp³-hybridized carbons (Fsp3) is 0.647. The molecule has 0 amide bonds. The molecule has 0 aliphatic rings. The molecule has 0 aliphatic heterocycles. The summed E-state index contributed by atoms with van der Waals surface area (Å²) in [5, 5.41) is 2.67. The highest BCUT2D eigenvalue weighted by Gasteiger charge is 2.27. The van der Waals surface area contributed by atoms with Crippen LogP contribution < -0.4 is 0 Å². The van der Waals surface area contributed by atoms with Crippen LogP contribution >= 0.6 is 0 Å². The smallest absolute Gasteiger partial charge is 0.374 e. The number of esters is 2. The number of rotatable bonds is 9. The summed E-state index contributed by atoms with van der Waals surface area (Å²) in [6.45, 7) is 9.60. The van der Waals surface area contributed by atoms with Crippen molar-refractivity contribution in [3.8, 4) is 0 Å². The van der Waals surface area contributed by atoms with Crippen LogP contribution in [0.1, 0.15) is 55.7 Å². The van der Waals surface area contributed by atoms with Gasteiger partial charge in [0.05, 0.1) is 19.8 Å². The van der Waals surface area contributed by atoms with Crippen molar-refractivity contribution >= 4 is 11.9 Å². The quantitative estimate of drug-likeness (QED) is 0.380. The molecule has 25 heavy (non-hydrogen) atoms. The van der Waals surface area contributed by atoms with Gasteiger partial charge in [-0.2, -0.15) is 4.91 Å². The number of nitrogens with zero attached hydrogens (tertiary/aromatic N) is 1. The van der Waals surface area contributed by atoms with Gasteiger partial charge >= 0.3 is 11.9 Å². The Labute approximate surface area is 146 Å². The van der Waals surface area contributed by atoms with Gasteiger partial charge in [0.15, 0.2) is 0 Å². The van der Waals surface area contributed by atoms with E-state index in [4.69, 9.17) is 18.6 Å². The van der Waals surface area contributed by atoms with Gasteiger partial charge in [0, 0.05) is 0 Å². The fourth-order valence-corrected chi connectivity index (χ4v) is 1.66. The van der Waals surface area contributed by atoms with Crippen LogP contribution in [0.5, 0.6) is 0 Å². The lowest BCUT2D eigenvalue weighted by Crippen LogP contribution is -2.33. The third kappa shape index (κ3) is 7.93. The molecular formula is C17H25NO7. The molecule has 0 bridgehead atoms. The number of hydrogen-bond donors (Lipinski definition) is 0. The van der Waals surface area contributed by atoms with Crippen molar-refractivity contribution in [2.45, 2.75) is 40.2 Å². The van der Waals surface area contributed by atoms with Crippen molar-refractivity contribution in [3.63, 3.8) is 0 Å². The molecule has 8 nitrogen and oxygen atoms in total. The van der Waals surface area contributed by atoms with Gasteiger partial charge in [-0.15, -0.1) is 0 Å². The number of carbonyl (C=O) groups is 2. The molecule has 0 radical (unpaired) electrons. The first-order chi connectivity index (χ1) is 11.5. The van der Waals surface area contributed by atoms with Crippen LogP contribution in [0.4, 0.5) is 0 Å². The highest BCUT2D eigenvalue weighted by atomic mass is 16.6. The molecule has 1 heterocycles. The molecule has 0 atom stereocenters. The summed E-state index contributed by atoms with van der Waals surface area (Å²) in [6.07, 6.45) is 0. The lowest BCUT2D eigenvalue weighted by atomic mass is 9.99. The molecular weight excluding hydrogens is 330 g/mol. The predicted octanol–water partition coefficient (Wildman–Crippen LogP) is 3.20. The normalized spacial score (nSPS) is 11.9. The Morgan fingerprint density at radius 3 is 2.20 bits per heavy atom. The molecule has 0 N–H and O–H groups in total. The van der Waals surface area contributed by atoms with Gasteiger partial charge in [-0.3, -0.25) is 0 Å². The summed E-state index contributed by atoms with van der Waals surface area (Å²) in [7, 11) is 0. The molecule has 8 heteroatoms. The molecule has 0 aromatic carbocycles. The molecule has 0 aliphatic carbocycles. The lowest BCUT2D eigenvalue weighted by molar-refractivity contribution is -0.0476. The summed E-state index contributed by atoms with van der Waals surface area (Å²) in [6, 6.07) is 2.71. The molecule has 0 fully saturated rings. The third-order valence-electron chi connectivity index (χ3n) is 2.79. The number of carbonyl (C=O) groups excluding carboxylic acids is 2. The largest absolute Gasteiger partial charge is 0.459 e. The SMILES string of the molecule is CC(C)(C)COC(=O)c1ccc(C(=O)OC(C)(C)COCCN=O)o1. The highest BCUT2D eigenvalue weighted by molar-refractivity contribution is 5.91. The monoisotopic (exact) mass is 355 g/mol. The summed E-state index contributed by atoms with van der Waals surface area (Å²) in [4.78, 5) is 34.0. The molecule has 140 valence electrons. The van der Waals surface area contributed by atoms with E-state index >= 15 is 0 Å². The number of nitroso groups, excluding NO2 is 1. The Hall–Kier alpha value is -2.22. The van der Waals surface area contributed by atoms with E-state index in [0.717, 1.165) is 0 Å². The zero-order valence-electron chi connectivity index (χ0n) is 15.3. The highest BCUT2D eigenvalue weighted by Crippen LogP contribution is 2.18. The molecule has 0 saturated heterocycles. The van der Waals surface area contributed by atoms with Crippen LogP contribution in [0.25, 0.3) is 0 Å². The van der Waals surface area contributed by atoms with Gasteiger partial charge < -0.3 is 18.6 Å². The summed E-state index contributed by atoms with van der Waals surface area (Å²) < 4.78 is 20.8. The van der Waals surface area contributed by atoms with Gasteiger partial charge in [0.1, 0.15) is 12.1 Å². The van der Waals surface area contributed by atoms with E-state index in [2.05, 4.69) is 5.18 Å². The first-order valence-corrected chi connectivity index (χ1v) is 7.91. The topological polar surface area (TPSA) is 104 Å². The van der Waals surface area contributed by atoms with E-state index in [-0.39, 0.29) is 43.3 Å². The van der Waals surface area contributed by atoms with E-state index in [1.807, 2.05) is 20.8 Å². The fourth-order valence-electron chi connectivity index (χ4n) is 1.66. The van der Waals surface area contributed by atoms with Crippen molar-refractivity contribution in [3.05, 3.63) is 28.6 Å². The van der Waals surface area contributed by atoms with Crippen molar-refractivity contribution < 1.29 is 28.2 Å². The Morgan fingerprint density at radius 1 is 1.04 bits per heavy atom. The average Bonchev–Trinajstić information content (AvgIpc) is 2.98. The van der Waals surface area contributed by atoms with Gasteiger partial charge in [0.25, 0.3) is 0 Å². The Kier molecular flexibility index (Phi) is 7.29. The maximum Gasteiger partial charge on any atom is 0.374 e. The molecule has 0 spiro atoms. The molecule has 0 unspecified atom stereocenters. The predicted molar refractivity (Wildman–Crippen MR) is 89.4 cm³/mol. The zero-order valence-corrected chi connectivity index (χ0v) is 15.3. The molecule has 0 saturated carbocycles. The minimum atomic E-state index is -0.931. The summed E-state index contributed by atoms with van der Waals surface area (Å²) in [5.41, 5.74) is -1.10. The molecule has 1 aromatic rings. The van der Waals surface area contributed by atoms with Gasteiger partial charge in [-0.25, -0.2) is 9.59 Å². The van der Waals surface area contributed by atoms with Crippen molar-refractivity contribution in [1.29, 1.82) is 0 Å². The van der Waals surface area contributed by atoms with E-state index in [1.165, 1.54) is 12.1 Å². The van der Waals surface area contributed by atoms with E-state index < -0.39 is 17.5 Å². The van der Waals surface area contributed by atoms with Crippen molar-refractivity contribution in [1.82, 2.24) is 0 Å². The van der Waals surface area contributed by atoms with E-state index in [1.54, 1.807) is 13.8 Å². The average molecular weight is 355 g/mol. The van der Waals surface area contributed by atoms with Gasteiger partial charge in [-0.1, -0.05) is 25.9 Å². The van der Waals surface area contributed by atoms with Crippen LogP contribution in [-0.2, 0) is 14.2 Å². The Bertz CT molecular complexity index is 598. The summed E-state index contributed by atoms with van der Waals surface area (Å²) >= 11 is 0. The van der Waals surface area contributed by atoms with Crippen LogP contribution in [-0.4, -0.2) is 43.9 Å². The molecule has 1 rings (SSSR count). The summed E-state index contributed by atoms with van der Waals surface area (Å²) in [5.74, 6) is -1.54. The lowest BCUT2D eigenvalue weighted by Gasteiger charge is -2.24. The maximum atomic E-state index is 12.1. The third-order valence-corrected chi connectivity index (χ3v) is 2.79. The Morgan fingerprint density at radius 2 is 1.64 bits per heavy atom. The second-order valence-corrected chi connectivity index (χ2v) is 7.36. The number of ether oxygens (including phenoxy) is 3. The van der Waals surface area contributed by atoms with Crippen LogP contribution in [0.3, 0.4) is 0 Å². The first-order valence-electron chi connectivity index (χ1n) is 7.91. The van der Waals surface area contributed by atoms with Crippen LogP contribution in [0.15, 0.2) is 21.7 Å².